The van der Waals surface area contributed by atoms with Crippen molar-refractivity contribution in [2.24, 2.45) is 0 Å². The smallest absolute Gasteiger partial charge is 0.243 e. The minimum absolute atomic E-state index is 0.0418. The Labute approximate surface area is 148 Å². The Kier molecular flexibility index (Phi) is 4.84. The Balaban J connectivity index is 1.82. The molecule has 6 heteroatoms. The number of aryl methyl sites for hydroxylation is 2. The largest absolute Gasteiger partial charge is 0.366 e. The fraction of sp³-hybridized carbons (Fsp3) is 0.368. The van der Waals surface area contributed by atoms with E-state index in [1.807, 2.05) is 13.8 Å². The Bertz CT molecular complexity index is 865. The molecule has 1 heterocycles. The second-order valence-electron chi connectivity index (χ2n) is 6.65. The van der Waals surface area contributed by atoms with Gasteiger partial charge in [0, 0.05) is 31.4 Å². The van der Waals surface area contributed by atoms with Gasteiger partial charge in [-0.15, -0.1) is 0 Å². The molecule has 0 aromatic heterocycles. The van der Waals surface area contributed by atoms with Crippen molar-refractivity contribution in [3.63, 3.8) is 0 Å². The van der Waals surface area contributed by atoms with Crippen molar-refractivity contribution in [1.82, 2.24) is 4.31 Å². The molecule has 1 unspecified atom stereocenters. The molecule has 0 aliphatic carbocycles. The summed E-state index contributed by atoms with van der Waals surface area (Å²) in [5.74, 6) is -0.532. The number of piperazine rings is 1. The summed E-state index contributed by atoms with van der Waals surface area (Å²) in [5.41, 5.74) is 2.85. The number of nitrogens with zero attached hydrogens (tertiary/aromatic N) is 2. The quantitative estimate of drug-likeness (QED) is 0.841. The molecule has 1 fully saturated rings. The SMILES string of the molecule is Cc1ccc(N2CCN(S(=O)(=O)c3cc(F)ccc3C)CC2C)cc1. The van der Waals surface area contributed by atoms with Crippen LogP contribution in [0.3, 0.4) is 0 Å². The zero-order valence-corrected chi connectivity index (χ0v) is 15.6. The van der Waals surface area contributed by atoms with Crippen molar-refractivity contribution >= 4 is 15.7 Å². The lowest BCUT2D eigenvalue weighted by Crippen LogP contribution is -2.53. The number of hydrogen-bond acceptors (Lipinski definition) is 3. The zero-order chi connectivity index (χ0) is 18.2. The summed E-state index contributed by atoms with van der Waals surface area (Å²) in [6.07, 6.45) is 0. The summed E-state index contributed by atoms with van der Waals surface area (Å²) >= 11 is 0. The molecule has 0 amide bonds. The van der Waals surface area contributed by atoms with Crippen LogP contribution >= 0.6 is 0 Å². The van der Waals surface area contributed by atoms with Crippen LogP contribution in [0.2, 0.25) is 0 Å². The fourth-order valence-electron chi connectivity index (χ4n) is 3.25. The Hall–Kier alpha value is -1.92. The van der Waals surface area contributed by atoms with E-state index in [4.69, 9.17) is 0 Å². The normalized spacial score (nSPS) is 19.2. The Morgan fingerprint density at radius 3 is 2.36 bits per heavy atom. The van der Waals surface area contributed by atoms with Crippen LogP contribution in [0.4, 0.5) is 10.1 Å². The fourth-order valence-corrected chi connectivity index (χ4v) is 5.00. The zero-order valence-electron chi connectivity index (χ0n) is 14.7. The van der Waals surface area contributed by atoms with E-state index >= 15 is 0 Å². The van der Waals surface area contributed by atoms with Gasteiger partial charge < -0.3 is 4.90 Å². The van der Waals surface area contributed by atoms with E-state index in [9.17, 15) is 12.8 Å². The van der Waals surface area contributed by atoms with Crippen LogP contribution < -0.4 is 4.90 Å². The highest BCUT2D eigenvalue weighted by Gasteiger charge is 2.33. The molecule has 0 spiro atoms. The number of hydrogen-bond donors (Lipinski definition) is 0. The van der Waals surface area contributed by atoms with Crippen LogP contribution in [0.5, 0.6) is 0 Å². The monoisotopic (exact) mass is 362 g/mol. The maximum absolute atomic E-state index is 13.5. The number of anilines is 1. The van der Waals surface area contributed by atoms with Crippen LogP contribution in [0.25, 0.3) is 0 Å². The van der Waals surface area contributed by atoms with Gasteiger partial charge >= 0.3 is 0 Å². The van der Waals surface area contributed by atoms with Crippen LogP contribution in [-0.2, 0) is 10.0 Å². The van der Waals surface area contributed by atoms with Crippen molar-refractivity contribution in [3.8, 4) is 0 Å². The van der Waals surface area contributed by atoms with Crippen LogP contribution in [-0.4, -0.2) is 38.4 Å². The topological polar surface area (TPSA) is 40.6 Å². The summed E-state index contributed by atoms with van der Waals surface area (Å²) in [6, 6.07) is 12.2. The first-order chi connectivity index (χ1) is 11.8. The summed E-state index contributed by atoms with van der Waals surface area (Å²) in [7, 11) is -3.69. The van der Waals surface area contributed by atoms with E-state index in [1.165, 1.54) is 22.0 Å². The molecule has 2 aromatic carbocycles. The second-order valence-corrected chi connectivity index (χ2v) is 8.56. The Morgan fingerprint density at radius 1 is 1.04 bits per heavy atom. The number of halogens is 1. The molecule has 1 saturated heterocycles. The van der Waals surface area contributed by atoms with E-state index in [0.717, 1.165) is 11.8 Å². The van der Waals surface area contributed by atoms with Gasteiger partial charge in [0.2, 0.25) is 10.0 Å². The highest BCUT2D eigenvalue weighted by Crippen LogP contribution is 2.26. The van der Waals surface area contributed by atoms with Gasteiger partial charge in [-0.3, -0.25) is 0 Å². The summed E-state index contributed by atoms with van der Waals surface area (Å²) in [5, 5.41) is 0. The second kappa shape index (κ2) is 6.77. The molecule has 0 saturated carbocycles. The molecule has 134 valence electrons. The van der Waals surface area contributed by atoms with Crippen molar-refractivity contribution < 1.29 is 12.8 Å². The van der Waals surface area contributed by atoms with Crippen LogP contribution in [0.1, 0.15) is 18.1 Å². The molecular weight excluding hydrogens is 339 g/mol. The van der Waals surface area contributed by atoms with Gasteiger partial charge in [0.25, 0.3) is 0 Å². The molecular formula is C19H23FN2O2S. The summed E-state index contributed by atoms with van der Waals surface area (Å²) in [4.78, 5) is 2.27. The highest BCUT2D eigenvalue weighted by atomic mass is 32.2. The minimum Gasteiger partial charge on any atom is -0.366 e. The van der Waals surface area contributed by atoms with Crippen molar-refractivity contribution in [3.05, 3.63) is 59.4 Å². The molecule has 0 N–H and O–H groups in total. The lowest BCUT2D eigenvalue weighted by Gasteiger charge is -2.40. The molecule has 0 radical (unpaired) electrons. The maximum Gasteiger partial charge on any atom is 0.243 e. The van der Waals surface area contributed by atoms with Gasteiger partial charge in [0.05, 0.1) is 4.90 Å². The highest BCUT2D eigenvalue weighted by molar-refractivity contribution is 7.89. The third-order valence-corrected chi connectivity index (χ3v) is 6.73. The molecule has 1 aliphatic rings. The number of rotatable bonds is 3. The van der Waals surface area contributed by atoms with E-state index in [-0.39, 0.29) is 10.9 Å². The van der Waals surface area contributed by atoms with Gasteiger partial charge in [-0.1, -0.05) is 23.8 Å². The number of sulfonamides is 1. The van der Waals surface area contributed by atoms with Crippen LogP contribution in [0, 0.1) is 19.7 Å². The third-order valence-electron chi connectivity index (χ3n) is 4.72. The average molecular weight is 362 g/mol. The molecule has 3 rings (SSSR count). The molecule has 2 aromatic rings. The van der Waals surface area contributed by atoms with Crippen molar-refractivity contribution in [2.45, 2.75) is 31.7 Å². The lowest BCUT2D eigenvalue weighted by molar-refractivity contribution is 0.342. The van der Waals surface area contributed by atoms with Crippen molar-refractivity contribution in [2.75, 3.05) is 24.5 Å². The number of benzene rings is 2. The molecule has 0 bridgehead atoms. The van der Waals surface area contributed by atoms with E-state index in [1.54, 1.807) is 6.92 Å². The van der Waals surface area contributed by atoms with Crippen LogP contribution in [0.15, 0.2) is 47.4 Å². The maximum atomic E-state index is 13.5. The Morgan fingerprint density at radius 2 is 1.72 bits per heavy atom. The summed E-state index contributed by atoms with van der Waals surface area (Å²) < 4.78 is 40.9. The van der Waals surface area contributed by atoms with E-state index in [0.29, 0.717) is 25.2 Å². The standard InChI is InChI=1S/C19H23FN2O2S/c1-14-4-8-18(9-5-14)22-11-10-21(13-16(22)3)25(23,24)19-12-17(20)7-6-15(19)2/h4-9,12,16H,10-11,13H2,1-3H3. The average Bonchev–Trinajstić information content (AvgIpc) is 2.58. The van der Waals surface area contributed by atoms with E-state index < -0.39 is 15.8 Å². The van der Waals surface area contributed by atoms with E-state index in [2.05, 4.69) is 29.2 Å². The lowest BCUT2D eigenvalue weighted by atomic mass is 10.1. The van der Waals surface area contributed by atoms with Gasteiger partial charge in [-0.2, -0.15) is 4.31 Å². The third kappa shape index (κ3) is 3.55. The minimum atomic E-state index is -3.69. The van der Waals surface area contributed by atoms with Gasteiger partial charge in [0.15, 0.2) is 0 Å². The predicted molar refractivity (Wildman–Crippen MR) is 97.9 cm³/mol. The van der Waals surface area contributed by atoms with Gasteiger partial charge in [0.1, 0.15) is 5.82 Å². The molecule has 25 heavy (non-hydrogen) atoms. The first-order valence-corrected chi connectivity index (χ1v) is 9.82. The first kappa shape index (κ1) is 17.9. The molecule has 4 nitrogen and oxygen atoms in total. The van der Waals surface area contributed by atoms with Crippen molar-refractivity contribution in [1.29, 1.82) is 0 Å². The van der Waals surface area contributed by atoms with Gasteiger partial charge in [-0.25, -0.2) is 12.8 Å². The first-order valence-electron chi connectivity index (χ1n) is 8.38. The summed E-state index contributed by atoms with van der Waals surface area (Å²) in [6.45, 7) is 7.12. The molecule has 1 atom stereocenters. The van der Waals surface area contributed by atoms with Gasteiger partial charge in [-0.05, 0) is 50.6 Å². The predicted octanol–water partition coefficient (Wildman–Crippen LogP) is 3.34. The molecule has 1 aliphatic heterocycles.